The topological polar surface area (TPSA) is 50.1 Å². The van der Waals surface area contributed by atoms with Crippen LogP contribution in [0.1, 0.15) is 11.3 Å². The maximum absolute atomic E-state index is 12.3. The highest BCUT2D eigenvalue weighted by molar-refractivity contribution is 5.31. The summed E-state index contributed by atoms with van der Waals surface area (Å²) < 4.78 is 13.9. The Morgan fingerprint density at radius 3 is 2.83 bits per heavy atom. The van der Waals surface area contributed by atoms with Crippen LogP contribution in [-0.2, 0) is 19.6 Å². The van der Waals surface area contributed by atoms with Gasteiger partial charge in [0, 0.05) is 24.8 Å². The molecule has 0 fully saturated rings. The molecule has 0 bridgehead atoms. The van der Waals surface area contributed by atoms with Crippen molar-refractivity contribution in [2.24, 2.45) is 0 Å². The Morgan fingerprint density at radius 2 is 2.06 bits per heavy atom. The van der Waals surface area contributed by atoms with Gasteiger partial charge in [0.25, 0.3) is 0 Å². The molecule has 96 valence electrons. The molecule has 0 unspecified atom stereocenters. The number of para-hydroxylation sites is 1. The lowest BCUT2D eigenvalue weighted by Crippen LogP contribution is -2.17. The molecule has 1 heterocycles. The van der Waals surface area contributed by atoms with Gasteiger partial charge < -0.3 is 10.4 Å². The zero-order valence-corrected chi connectivity index (χ0v) is 10.0. The first-order chi connectivity index (χ1) is 8.81. The van der Waals surface area contributed by atoms with E-state index in [1.165, 1.54) is 0 Å². The van der Waals surface area contributed by atoms with E-state index in [9.17, 15) is 9.50 Å². The second kappa shape index (κ2) is 6.16. The summed E-state index contributed by atoms with van der Waals surface area (Å²) in [5.74, 6) is 0.280. The van der Waals surface area contributed by atoms with E-state index in [4.69, 9.17) is 0 Å². The number of alkyl halides is 1. The minimum atomic E-state index is -0.422. The van der Waals surface area contributed by atoms with Crippen LogP contribution >= 0.6 is 0 Å². The largest absolute Gasteiger partial charge is 0.508 e. The maximum atomic E-state index is 12.3. The lowest BCUT2D eigenvalue weighted by atomic mass is 10.2. The van der Waals surface area contributed by atoms with E-state index in [2.05, 4.69) is 10.4 Å². The van der Waals surface area contributed by atoms with Crippen molar-refractivity contribution >= 4 is 0 Å². The Balaban J connectivity index is 1.88. The summed E-state index contributed by atoms with van der Waals surface area (Å²) in [7, 11) is 0. The van der Waals surface area contributed by atoms with Crippen molar-refractivity contribution in [2.45, 2.75) is 19.6 Å². The number of nitrogens with zero attached hydrogens (tertiary/aromatic N) is 2. The highest BCUT2D eigenvalue weighted by atomic mass is 19.1. The molecule has 2 N–H and O–H groups in total. The molecule has 0 saturated heterocycles. The molecule has 2 aromatic rings. The summed E-state index contributed by atoms with van der Waals surface area (Å²) in [5, 5.41) is 16.8. The zero-order chi connectivity index (χ0) is 12.8. The van der Waals surface area contributed by atoms with E-state index in [0.29, 0.717) is 13.1 Å². The number of hydrogen-bond donors (Lipinski definition) is 2. The Labute approximate surface area is 105 Å². The Kier molecular flexibility index (Phi) is 4.30. The molecule has 18 heavy (non-hydrogen) atoms. The lowest BCUT2D eigenvalue weighted by molar-refractivity contribution is 0.416. The van der Waals surface area contributed by atoms with Gasteiger partial charge in [-0.1, -0.05) is 18.2 Å². The number of aromatic hydroxyl groups is 1. The van der Waals surface area contributed by atoms with Gasteiger partial charge in [0.1, 0.15) is 12.4 Å². The third kappa shape index (κ3) is 3.07. The molecular formula is C13H16FN3O. The van der Waals surface area contributed by atoms with Crippen molar-refractivity contribution in [1.29, 1.82) is 0 Å². The van der Waals surface area contributed by atoms with Crippen LogP contribution in [0.4, 0.5) is 4.39 Å². The van der Waals surface area contributed by atoms with Crippen LogP contribution in [0.15, 0.2) is 36.5 Å². The highest BCUT2D eigenvalue weighted by Gasteiger charge is 2.03. The van der Waals surface area contributed by atoms with Crippen molar-refractivity contribution in [1.82, 2.24) is 15.1 Å². The number of hydrogen-bond acceptors (Lipinski definition) is 3. The minimum Gasteiger partial charge on any atom is -0.508 e. The summed E-state index contributed by atoms with van der Waals surface area (Å²) in [5.41, 5.74) is 1.78. The van der Waals surface area contributed by atoms with Crippen LogP contribution in [0.5, 0.6) is 5.75 Å². The van der Waals surface area contributed by atoms with Gasteiger partial charge in [-0.25, -0.2) is 4.39 Å². The van der Waals surface area contributed by atoms with Crippen LogP contribution in [0, 0.1) is 0 Å². The second-order valence-electron chi connectivity index (χ2n) is 3.97. The molecular weight excluding hydrogens is 233 g/mol. The fourth-order valence-corrected chi connectivity index (χ4v) is 1.78. The molecule has 1 aromatic carbocycles. The molecule has 0 radical (unpaired) electrons. The smallest absolute Gasteiger partial charge is 0.120 e. The third-order valence-corrected chi connectivity index (χ3v) is 2.71. The molecule has 0 atom stereocenters. The molecule has 0 amide bonds. The molecule has 0 aliphatic carbocycles. The molecule has 2 rings (SSSR count). The summed E-state index contributed by atoms with van der Waals surface area (Å²) >= 11 is 0. The normalized spacial score (nSPS) is 10.7. The van der Waals surface area contributed by atoms with E-state index in [-0.39, 0.29) is 12.3 Å². The van der Waals surface area contributed by atoms with E-state index in [1.807, 2.05) is 18.2 Å². The number of rotatable bonds is 6. The summed E-state index contributed by atoms with van der Waals surface area (Å²) in [6.07, 6.45) is 1.66. The van der Waals surface area contributed by atoms with E-state index >= 15 is 0 Å². The first-order valence-corrected chi connectivity index (χ1v) is 5.85. The zero-order valence-electron chi connectivity index (χ0n) is 10.0. The molecule has 0 saturated carbocycles. The van der Waals surface area contributed by atoms with E-state index in [1.54, 1.807) is 23.0 Å². The molecule has 1 aromatic heterocycles. The number of nitrogens with one attached hydrogen (secondary N) is 1. The number of benzene rings is 1. The maximum Gasteiger partial charge on any atom is 0.120 e. The Bertz CT molecular complexity index is 498. The van der Waals surface area contributed by atoms with Gasteiger partial charge in [0.2, 0.25) is 0 Å². The fraction of sp³-hybridized carbons (Fsp3) is 0.308. The average molecular weight is 249 g/mol. The first-order valence-electron chi connectivity index (χ1n) is 5.85. The van der Waals surface area contributed by atoms with Crippen LogP contribution < -0.4 is 5.32 Å². The van der Waals surface area contributed by atoms with Gasteiger partial charge in [-0.3, -0.25) is 4.68 Å². The van der Waals surface area contributed by atoms with Gasteiger partial charge in [-0.15, -0.1) is 0 Å². The number of phenols is 1. The van der Waals surface area contributed by atoms with Crippen molar-refractivity contribution in [3.63, 3.8) is 0 Å². The molecule has 4 nitrogen and oxygen atoms in total. The van der Waals surface area contributed by atoms with Crippen LogP contribution in [0.3, 0.4) is 0 Å². The van der Waals surface area contributed by atoms with Crippen molar-refractivity contribution in [3.05, 3.63) is 47.8 Å². The van der Waals surface area contributed by atoms with Crippen molar-refractivity contribution < 1.29 is 9.50 Å². The standard InChI is InChI=1S/C13H16FN3O/c14-6-8-17-12(5-7-16-17)10-15-9-11-3-1-2-4-13(11)18/h1-5,7,15,18H,6,8-10H2. The summed E-state index contributed by atoms with van der Waals surface area (Å²) in [6, 6.07) is 9.04. The Morgan fingerprint density at radius 1 is 1.22 bits per heavy atom. The molecule has 5 heteroatoms. The quantitative estimate of drug-likeness (QED) is 0.821. The number of halogens is 1. The third-order valence-electron chi connectivity index (χ3n) is 2.71. The van der Waals surface area contributed by atoms with Gasteiger partial charge >= 0.3 is 0 Å². The monoisotopic (exact) mass is 249 g/mol. The van der Waals surface area contributed by atoms with Crippen molar-refractivity contribution in [2.75, 3.05) is 6.67 Å². The number of phenolic OH excluding ortho intramolecular Hbond substituents is 1. The van der Waals surface area contributed by atoms with Crippen LogP contribution in [0.25, 0.3) is 0 Å². The fourth-order valence-electron chi connectivity index (χ4n) is 1.78. The summed E-state index contributed by atoms with van der Waals surface area (Å²) in [4.78, 5) is 0. The van der Waals surface area contributed by atoms with Gasteiger partial charge in [0.05, 0.1) is 12.2 Å². The second-order valence-corrected chi connectivity index (χ2v) is 3.97. The first kappa shape index (κ1) is 12.6. The average Bonchev–Trinajstić information content (AvgIpc) is 2.80. The van der Waals surface area contributed by atoms with Crippen LogP contribution in [-0.4, -0.2) is 21.6 Å². The van der Waals surface area contributed by atoms with Gasteiger partial charge in [-0.05, 0) is 12.1 Å². The Hall–Kier alpha value is -1.88. The highest BCUT2D eigenvalue weighted by Crippen LogP contribution is 2.15. The number of aromatic nitrogens is 2. The van der Waals surface area contributed by atoms with Crippen molar-refractivity contribution in [3.8, 4) is 5.75 Å². The minimum absolute atomic E-state index is 0.278. The number of aryl methyl sites for hydroxylation is 1. The lowest BCUT2D eigenvalue weighted by Gasteiger charge is -2.08. The predicted molar refractivity (Wildman–Crippen MR) is 66.9 cm³/mol. The van der Waals surface area contributed by atoms with E-state index < -0.39 is 6.67 Å². The summed E-state index contributed by atoms with van der Waals surface area (Å²) in [6.45, 7) is 1.01. The molecule has 0 aliphatic rings. The van der Waals surface area contributed by atoms with Crippen LogP contribution in [0.2, 0.25) is 0 Å². The molecule has 0 spiro atoms. The molecule has 0 aliphatic heterocycles. The predicted octanol–water partition coefficient (Wildman–Crippen LogP) is 1.85. The van der Waals surface area contributed by atoms with Gasteiger partial charge in [0.15, 0.2) is 0 Å². The van der Waals surface area contributed by atoms with Gasteiger partial charge in [-0.2, -0.15) is 5.10 Å². The van der Waals surface area contributed by atoms with E-state index in [0.717, 1.165) is 11.3 Å². The SMILES string of the molecule is Oc1ccccc1CNCc1ccnn1CCF.